The van der Waals surface area contributed by atoms with Gasteiger partial charge in [0.1, 0.15) is 6.61 Å². The van der Waals surface area contributed by atoms with E-state index in [2.05, 4.69) is 20.9 Å². The van der Waals surface area contributed by atoms with Crippen molar-refractivity contribution in [2.75, 3.05) is 6.54 Å². The SMILES string of the molecule is Cc1c(C2CCCN2C(=O)OCc2ccccc2)[nH]c2cc(Br)ccc2c1=O. The van der Waals surface area contributed by atoms with Crippen LogP contribution in [0.3, 0.4) is 0 Å². The minimum absolute atomic E-state index is 0.000697. The first-order chi connectivity index (χ1) is 13.5. The summed E-state index contributed by atoms with van der Waals surface area (Å²) in [5.41, 5.74) is 3.17. The lowest BCUT2D eigenvalue weighted by atomic mass is 10.0. The van der Waals surface area contributed by atoms with E-state index in [0.29, 0.717) is 17.5 Å². The number of rotatable bonds is 3. The van der Waals surface area contributed by atoms with E-state index in [9.17, 15) is 9.59 Å². The maximum absolute atomic E-state index is 12.8. The highest BCUT2D eigenvalue weighted by Gasteiger charge is 2.33. The number of halogens is 1. The number of carbonyl (C=O) groups is 1. The van der Waals surface area contributed by atoms with Crippen molar-refractivity contribution in [1.29, 1.82) is 0 Å². The van der Waals surface area contributed by atoms with E-state index >= 15 is 0 Å². The van der Waals surface area contributed by atoms with Gasteiger partial charge < -0.3 is 9.72 Å². The van der Waals surface area contributed by atoms with Gasteiger partial charge in [0.05, 0.1) is 11.6 Å². The lowest BCUT2D eigenvalue weighted by molar-refractivity contribution is 0.0914. The zero-order valence-electron chi connectivity index (χ0n) is 15.6. The van der Waals surface area contributed by atoms with Crippen LogP contribution in [0.25, 0.3) is 10.9 Å². The Morgan fingerprint density at radius 2 is 2.04 bits per heavy atom. The number of aromatic amines is 1. The number of aromatic nitrogens is 1. The van der Waals surface area contributed by atoms with E-state index in [1.807, 2.05) is 55.5 Å². The molecule has 0 spiro atoms. The van der Waals surface area contributed by atoms with Crippen molar-refractivity contribution in [3.8, 4) is 0 Å². The molecule has 1 unspecified atom stereocenters. The Hall–Kier alpha value is -2.60. The van der Waals surface area contributed by atoms with Crippen LogP contribution < -0.4 is 5.43 Å². The third kappa shape index (κ3) is 3.56. The van der Waals surface area contributed by atoms with Gasteiger partial charge in [-0.2, -0.15) is 0 Å². The Kier molecular flexibility index (Phi) is 5.22. The summed E-state index contributed by atoms with van der Waals surface area (Å²) in [6.45, 7) is 2.68. The summed E-state index contributed by atoms with van der Waals surface area (Å²) < 4.78 is 6.43. The number of hydrogen-bond acceptors (Lipinski definition) is 3. The maximum atomic E-state index is 12.8. The first-order valence-corrected chi connectivity index (χ1v) is 10.1. The Labute approximate surface area is 171 Å². The molecule has 28 heavy (non-hydrogen) atoms. The van der Waals surface area contributed by atoms with Gasteiger partial charge in [-0.3, -0.25) is 9.69 Å². The Morgan fingerprint density at radius 3 is 2.82 bits per heavy atom. The van der Waals surface area contributed by atoms with Crippen LogP contribution in [0, 0.1) is 6.92 Å². The zero-order valence-corrected chi connectivity index (χ0v) is 17.2. The van der Waals surface area contributed by atoms with Crippen molar-refractivity contribution >= 4 is 32.9 Å². The van der Waals surface area contributed by atoms with Crippen LogP contribution in [-0.2, 0) is 11.3 Å². The number of pyridine rings is 1. The molecule has 2 aromatic carbocycles. The number of nitrogens with zero attached hydrogens (tertiary/aromatic N) is 1. The molecule has 5 nitrogen and oxygen atoms in total. The predicted molar refractivity (Wildman–Crippen MR) is 112 cm³/mol. The summed E-state index contributed by atoms with van der Waals surface area (Å²) in [7, 11) is 0. The summed E-state index contributed by atoms with van der Waals surface area (Å²) in [6, 6.07) is 15.0. The highest BCUT2D eigenvalue weighted by atomic mass is 79.9. The quantitative estimate of drug-likeness (QED) is 0.617. The number of ether oxygens (including phenoxy) is 1. The molecule has 1 saturated heterocycles. The second kappa shape index (κ2) is 7.80. The van der Waals surface area contributed by atoms with E-state index in [1.165, 1.54) is 0 Å². The molecule has 6 heteroatoms. The zero-order chi connectivity index (χ0) is 19.7. The monoisotopic (exact) mass is 440 g/mol. The molecule has 2 heterocycles. The Morgan fingerprint density at radius 1 is 1.25 bits per heavy atom. The van der Waals surface area contributed by atoms with Crippen LogP contribution >= 0.6 is 15.9 Å². The average molecular weight is 441 g/mol. The molecule has 1 atom stereocenters. The molecule has 144 valence electrons. The smallest absolute Gasteiger partial charge is 0.410 e. The van der Waals surface area contributed by atoms with Gasteiger partial charge in [-0.15, -0.1) is 0 Å². The molecule has 0 bridgehead atoms. The van der Waals surface area contributed by atoms with Crippen molar-refractivity contribution in [3.63, 3.8) is 0 Å². The fourth-order valence-corrected chi connectivity index (χ4v) is 4.16. The number of likely N-dealkylation sites (tertiary alicyclic amines) is 1. The van der Waals surface area contributed by atoms with E-state index in [1.54, 1.807) is 4.90 Å². The molecule has 1 aliphatic rings. The minimum atomic E-state index is -0.346. The average Bonchev–Trinajstić information content (AvgIpc) is 3.19. The van der Waals surface area contributed by atoms with Crippen LogP contribution in [0.5, 0.6) is 0 Å². The number of fused-ring (bicyclic) bond motifs is 1. The normalized spacial score (nSPS) is 16.5. The molecule has 1 aromatic heterocycles. The number of hydrogen-bond donors (Lipinski definition) is 1. The molecule has 1 aliphatic heterocycles. The summed E-state index contributed by atoms with van der Waals surface area (Å²) in [6.07, 6.45) is 1.33. The number of amides is 1. The highest BCUT2D eigenvalue weighted by Crippen LogP contribution is 2.33. The standard InChI is InChI=1S/C22H21BrN2O3/c1-14-20(24-18-12-16(23)9-10-17(18)21(14)26)19-8-5-11-25(19)22(27)28-13-15-6-3-2-4-7-15/h2-4,6-7,9-10,12,19H,5,8,11,13H2,1H3,(H,24,26). The first kappa shape index (κ1) is 18.7. The molecule has 1 N–H and O–H groups in total. The van der Waals surface area contributed by atoms with Crippen LogP contribution in [0.2, 0.25) is 0 Å². The van der Waals surface area contributed by atoms with E-state index < -0.39 is 0 Å². The summed E-state index contributed by atoms with van der Waals surface area (Å²) in [5.74, 6) is 0. The van der Waals surface area contributed by atoms with E-state index in [4.69, 9.17) is 4.74 Å². The van der Waals surface area contributed by atoms with E-state index in [0.717, 1.165) is 34.1 Å². The molecule has 3 aromatic rings. The van der Waals surface area contributed by atoms with Crippen LogP contribution in [0.15, 0.2) is 57.8 Å². The highest BCUT2D eigenvalue weighted by molar-refractivity contribution is 9.10. The van der Waals surface area contributed by atoms with Crippen LogP contribution in [-0.4, -0.2) is 22.5 Å². The maximum Gasteiger partial charge on any atom is 0.410 e. The fourth-order valence-electron chi connectivity index (χ4n) is 3.80. The van der Waals surface area contributed by atoms with Gasteiger partial charge in [0.2, 0.25) is 0 Å². The second-order valence-corrected chi connectivity index (χ2v) is 7.99. The molecular weight excluding hydrogens is 420 g/mol. The van der Waals surface area contributed by atoms with Gasteiger partial charge in [0, 0.05) is 27.7 Å². The first-order valence-electron chi connectivity index (χ1n) is 9.34. The van der Waals surface area contributed by atoms with Gasteiger partial charge in [0.25, 0.3) is 0 Å². The van der Waals surface area contributed by atoms with Gasteiger partial charge in [-0.25, -0.2) is 4.79 Å². The predicted octanol–water partition coefficient (Wildman–Crippen LogP) is 5.07. The molecular formula is C22H21BrN2O3. The molecule has 0 saturated carbocycles. The van der Waals surface area contributed by atoms with Crippen molar-refractivity contribution in [3.05, 3.63) is 80.0 Å². The Bertz CT molecular complexity index is 1080. The third-order valence-electron chi connectivity index (χ3n) is 5.27. The van der Waals surface area contributed by atoms with E-state index in [-0.39, 0.29) is 24.2 Å². The summed E-state index contributed by atoms with van der Waals surface area (Å²) in [5, 5.41) is 0.653. The van der Waals surface area contributed by atoms with Crippen molar-refractivity contribution in [2.24, 2.45) is 0 Å². The summed E-state index contributed by atoms with van der Waals surface area (Å²) in [4.78, 5) is 30.7. The molecule has 0 radical (unpaired) electrons. The summed E-state index contributed by atoms with van der Waals surface area (Å²) >= 11 is 3.45. The van der Waals surface area contributed by atoms with Gasteiger partial charge in [-0.05, 0) is 43.5 Å². The lowest BCUT2D eigenvalue weighted by Gasteiger charge is -2.25. The second-order valence-electron chi connectivity index (χ2n) is 7.07. The van der Waals surface area contributed by atoms with Crippen LogP contribution in [0.4, 0.5) is 4.79 Å². The lowest BCUT2D eigenvalue weighted by Crippen LogP contribution is -2.32. The molecule has 1 amide bonds. The van der Waals surface area contributed by atoms with Crippen molar-refractivity contribution in [1.82, 2.24) is 9.88 Å². The largest absolute Gasteiger partial charge is 0.445 e. The number of nitrogens with one attached hydrogen (secondary N) is 1. The number of benzene rings is 2. The van der Waals surface area contributed by atoms with Crippen molar-refractivity contribution in [2.45, 2.75) is 32.4 Å². The van der Waals surface area contributed by atoms with Crippen LogP contribution in [0.1, 0.15) is 35.7 Å². The molecule has 1 fully saturated rings. The fraction of sp³-hybridized carbons (Fsp3) is 0.273. The van der Waals surface area contributed by atoms with Gasteiger partial charge in [0.15, 0.2) is 5.43 Å². The topological polar surface area (TPSA) is 62.4 Å². The van der Waals surface area contributed by atoms with Gasteiger partial charge >= 0.3 is 6.09 Å². The third-order valence-corrected chi connectivity index (χ3v) is 5.76. The van der Waals surface area contributed by atoms with Crippen molar-refractivity contribution < 1.29 is 9.53 Å². The number of H-pyrrole nitrogens is 1. The number of carbonyl (C=O) groups excluding carboxylic acids is 1. The van der Waals surface area contributed by atoms with Gasteiger partial charge in [-0.1, -0.05) is 46.3 Å². The molecule has 0 aliphatic carbocycles. The molecule has 4 rings (SSSR count). The Balaban J connectivity index is 1.62. The minimum Gasteiger partial charge on any atom is -0.445 e.